The van der Waals surface area contributed by atoms with Gasteiger partial charge in [-0.1, -0.05) is 80.9 Å². The van der Waals surface area contributed by atoms with Crippen molar-refractivity contribution in [2.75, 3.05) is 44.2 Å². The van der Waals surface area contributed by atoms with Crippen LogP contribution in [-0.2, 0) is 4.79 Å². The maximum atomic E-state index is 13.8. The maximum Gasteiger partial charge on any atom is 0.254 e. The van der Waals surface area contributed by atoms with Crippen LogP contribution in [0, 0.1) is 11.7 Å². The van der Waals surface area contributed by atoms with E-state index in [1.165, 1.54) is 23.8 Å². The number of benzene rings is 3. The second kappa shape index (κ2) is 13.4. The highest BCUT2D eigenvalue weighted by Gasteiger charge is 2.27. The fourth-order valence-electron chi connectivity index (χ4n) is 5.09. The first-order valence-electron chi connectivity index (χ1n) is 14.5. The Morgan fingerprint density at radius 3 is 2.17 bits per heavy atom. The first-order valence-corrected chi connectivity index (χ1v) is 14.5. The van der Waals surface area contributed by atoms with Crippen LogP contribution >= 0.6 is 0 Å². The standard InChI is InChI=1S/C34H36FN5O2/c1-3-25(2)23-40(34(42)29-10-7-11-30(35)22-29)24-33(41)39-20-18-38(19-21-39)32-17-16-31(36-37-32)28-14-12-27(13-15-28)26-8-5-4-6-9-26/h4-17,22,25H,3,18-21,23-24H2,1-2H3. The summed E-state index contributed by atoms with van der Waals surface area (Å²) in [6, 6.07) is 28.1. The quantitative estimate of drug-likeness (QED) is 0.257. The van der Waals surface area contributed by atoms with Crippen LogP contribution in [0.2, 0.25) is 0 Å². The number of hydrogen-bond donors (Lipinski definition) is 0. The molecule has 0 N–H and O–H groups in total. The lowest BCUT2D eigenvalue weighted by Gasteiger charge is -2.36. The normalized spacial score (nSPS) is 14.0. The largest absolute Gasteiger partial charge is 0.352 e. The van der Waals surface area contributed by atoms with Gasteiger partial charge in [-0.2, -0.15) is 0 Å². The Morgan fingerprint density at radius 1 is 0.833 bits per heavy atom. The molecule has 1 aliphatic rings. The maximum absolute atomic E-state index is 13.8. The molecule has 5 rings (SSSR count). The van der Waals surface area contributed by atoms with Crippen molar-refractivity contribution in [2.24, 2.45) is 5.92 Å². The first-order chi connectivity index (χ1) is 20.4. The van der Waals surface area contributed by atoms with Crippen molar-refractivity contribution < 1.29 is 14.0 Å². The van der Waals surface area contributed by atoms with E-state index < -0.39 is 5.82 Å². The number of piperazine rings is 1. The zero-order valence-corrected chi connectivity index (χ0v) is 24.1. The predicted octanol–water partition coefficient (Wildman–Crippen LogP) is 5.79. The zero-order valence-electron chi connectivity index (χ0n) is 24.1. The van der Waals surface area contributed by atoms with E-state index in [2.05, 4.69) is 51.5 Å². The van der Waals surface area contributed by atoms with Crippen molar-refractivity contribution in [3.05, 3.63) is 102 Å². The number of anilines is 1. The van der Waals surface area contributed by atoms with Gasteiger partial charge in [0.05, 0.1) is 5.69 Å². The molecule has 42 heavy (non-hydrogen) atoms. The minimum atomic E-state index is -0.469. The minimum absolute atomic E-state index is 0.0305. The molecule has 0 saturated carbocycles. The van der Waals surface area contributed by atoms with Gasteiger partial charge in [0.25, 0.3) is 5.91 Å². The summed E-state index contributed by atoms with van der Waals surface area (Å²) in [6.07, 6.45) is 0.874. The molecule has 0 bridgehead atoms. The lowest BCUT2D eigenvalue weighted by molar-refractivity contribution is -0.132. The minimum Gasteiger partial charge on any atom is -0.352 e. The van der Waals surface area contributed by atoms with Crippen LogP contribution in [0.1, 0.15) is 30.6 Å². The third-order valence-corrected chi connectivity index (χ3v) is 7.81. The molecule has 216 valence electrons. The van der Waals surface area contributed by atoms with Crippen LogP contribution in [0.15, 0.2) is 91.0 Å². The van der Waals surface area contributed by atoms with Crippen LogP contribution < -0.4 is 4.90 Å². The van der Waals surface area contributed by atoms with Gasteiger partial charge in [-0.05, 0) is 47.4 Å². The van der Waals surface area contributed by atoms with Crippen molar-refractivity contribution in [3.8, 4) is 22.4 Å². The molecule has 7 nitrogen and oxygen atoms in total. The van der Waals surface area contributed by atoms with Gasteiger partial charge in [0, 0.05) is 43.9 Å². The van der Waals surface area contributed by atoms with Gasteiger partial charge in [0.2, 0.25) is 5.91 Å². The number of rotatable bonds is 9. The molecular weight excluding hydrogens is 529 g/mol. The van der Waals surface area contributed by atoms with E-state index in [1.807, 2.05) is 44.2 Å². The van der Waals surface area contributed by atoms with E-state index >= 15 is 0 Å². The molecular formula is C34H36FN5O2. The van der Waals surface area contributed by atoms with Gasteiger partial charge >= 0.3 is 0 Å². The van der Waals surface area contributed by atoms with E-state index in [4.69, 9.17) is 0 Å². The number of aromatic nitrogens is 2. The van der Waals surface area contributed by atoms with Crippen molar-refractivity contribution >= 4 is 17.6 Å². The molecule has 8 heteroatoms. The lowest BCUT2D eigenvalue weighted by atomic mass is 10.0. The molecule has 1 unspecified atom stereocenters. The van der Waals surface area contributed by atoms with E-state index in [1.54, 1.807) is 15.9 Å². The van der Waals surface area contributed by atoms with Crippen molar-refractivity contribution in [1.29, 1.82) is 0 Å². The molecule has 1 atom stereocenters. The summed E-state index contributed by atoms with van der Waals surface area (Å²) in [5.74, 6) is 0.0840. The molecule has 0 aliphatic carbocycles. The Balaban J connectivity index is 1.18. The van der Waals surface area contributed by atoms with Gasteiger partial charge in [0.1, 0.15) is 12.4 Å². The van der Waals surface area contributed by atoms with Gasteiger partial charge in [-0.25, -0.2) is 4.39 Å². The lowest BCUT2D eigenvalue weighted by Crippen LogP contribution is -2.52. The van der Waals surface area contributed by atoms with Crippen LogP contribution in [0.3, 0.4) is 0 Å². The topological polar surface area (TPSA) is 69.6 Å². The molecule has 1 fully saturated rings. The van der Waals surface area contributed by atoms with Gasteiger partial charge < -0.3 is 14.7 Å². The number of amides is 2. The average Bonchev–Trinajstić information content (AvgIpc) is 3.04. The Labute approximate surface area is 246 Å². The number of halogens is 1. The third-order valence-electron chi connectivity index (χ3n) is 7.81. The predicted molar refractivity (Wildman–Crippen MR) is 163 cm³/mol. The van der Waals surface area contributed by atoms with E-state index in [-0.39, 0.29) is 29.8 Å². The highest BCUT2D eigenvalue weighted by molar-refractivity contribution is 5.96. The van der Waals surface area contributed by atoms with Crippen LogP contribution in [0.25, 0.3) is 22.4 Å². The number of carbonyl (C=O) groups excluding carboxylic acids is 2. The van der Waals surface area contributed by atoms with Crippen molar-refractivity contribution in [3.63, 3.8) is 0 Å². The summed E-state index contributed by atoms with van der Waals surface area (Å²) < 4.78 is 13.8. The molecule has 1 aromatic heterocycles. The highest BCUT2D eigenvalue weighted by Crippen LogP contribution is 2.24. The van der Waals surface area contributed by atoms with Gasteiger partial charge in [-0.3, -0.25) is 9.59 Å². The van der Waals surface area contributed by atoms with Crippen LogP contribution in [0.5, 0.6) is 0 Å². The summed E-state index contributed by atoms with van der Waals surface area (Å²) in [5.41, 5.74) is 4.38. The first kappa shape index (κ1) is 28.9. The Morgan fingerprint density at radius 2 is 1.52 bits per heavy atom. The number of hydrogen-bond acceptors (Lipinski definition) is 5. The smallest absolute Gasteiger partial charge is 0.254 e. The second-order valence-electron chi connectivity index (χ2n) is 10.8. The molecule has 1 aliphatic heterocycles. The fourth-order valence-corrected chi connectivity index (χ4v) is 5.09. The van der Waals surface area contributed by atoms with Gasteiger partial charge in [-0.15, -0.1) is 10.2 Å². The molecule has 2 heterocycles. The Bertz CT molecular complexity index is 1490. The zero-order chi connectivity index (χ0) is 29.5. The van der Waals surface area contributed by atoms with Crippen molar-refractivity contribution in [1.82, 2.24) is 20.0 Å². The summed E-state index contributed by atoms with van der Waals surface area (Å²) in [5, 5.41) is 8.94. The monoisotopic (exact) mass is 565 g/mol. The van der Waals surface area contributed by atoms with Gasteiger partial charge in [0.15, 0.2) is 5.82 Å². The Hall–Kier alpha value is -4.59. The summed E-state index contributed by atoms with van der Waals surface area (Å²) in [6.45, 7) is 6.78. The van der Waals surface area contributed by atoms with E-state index in [0.29, 0.717) is 32.7 Å². The molecule has 1 saturated heterocycles. The van der Waals surface area contributed by atoms with Crippen LogP contribution in [0.4, 0.5) is 10.2 Å². The van der Waals surface area contributed by atoms with Crippen molar-refractivity contribution in [2.45, 2.75) is 20.3 Å². The highest BCUT2D eigenvalue weighted by atomic mass is 19.1. The Kier molecular flexibility index (Phi) is 9.21. The number of nitrogens with zero attached hydrogens (tertiary/aromatic N) is 5. The summed E-state index contributed by atoms with van der Waals surface area (Å²) >= 11 is 0. The average molecular weight is 566 g/mol. The van der Waals surface area contributed by atoms with E-state index in [9.17, 15) is 14.0 Å². The molecule has 2 amide bonds. The van der Waals surface area contributed by atoms with Crippen LogP contribution in [-0.4, -0.2) is 71.1 Å². The second-order valence-corrected chi connectivity index (χ2v) is 10.8. The molecule has 4 aromatic rings. The third kappa shape index (κ3) is 7.00. The SMILES string of the molecule is CCC(C)CN(CC(=O)N1CCN(c2ccc(-c3ccc(-c4ccccc4)cc3)nn2)CC1)C(=O)c1cccc(F)c1. The summed E-state index contributed by atoms with van der Waals surface area (Å²) in [7, 11) is 0. The fraction of sp³-hybridized carbons (Fsp3) is 0.294. The molecule has 0 spiro atoms. The molecule has 3 aromatic carbocycles. The molecule has 0 radical (unpaired) electrons. The van der Waals surface area contributed by atoms with E-state index in [0.717, 1.165) is 29.1 Å². The summed E-state index contributed by atoms with van der Waals surface area (Å²) in [4.78, 5) is 31.9. The number of carbonyl (C=O) groups is 2.